The minimum Gasteiger partial charge on any atom is -0.494 e. The van der Waals surface area contributed by atoms with E-state index in [9.17, 15) is 4.39 Å². The van der Waals surface area contributed by atoms with Crippen LogP contribution in [0.1, 0.15) is 23.8 Å². The van der Waals surface area contributed by atoms with Crippen molar-refractivity contribution in [2.45, 2.75) is 18.9 Å². The van der Waals surface area contributed by atoms with Crippen molar-refractivity contribution in [1.29, 1.82) is 0 Å². The lowest BCUT2D eigenvalue weighted by Crippen LogP contribution is -2.28. The van der Waals surface area contributed by atoms with Gasteiger partial charge in [-0.2, -0.15) is 0 Å². The Hall–Kier alpha value is -1.85. The van der Waals surface area contributed by atoms with Gasteiger partial charge in [0.15, 0.2) is 11.6 Å². The van der Waals surface area contributed by atoms with Crippen molar-refractivity contribution in [2.24, 2.45) is 5.84 Å². The normalized spacial score (nSPS) is 12.4. The molecule has 0 bridgehead atoms. The summed E-state index contributed by atoms with van der Waals surface area (Å²) in [6.45, 7) is 0. The zero-order valence-corrected chi connectivity index (χ0v) is 10.7. The van der Waals surface area contributed by atoms with Gasteiger partial charge < -0.3 is 9.15 Å². The van der Waals surface area contributed by atoms with Crippen molar-refractivity contribution < 1.29 is 13.5 Å². The molecular formula is C14H17FN2O2. The molecule has 0 saturated carbocycles. The van der Waals surface area contributed by atoms with Crippen molar-refractivity contribution >= 4 is 0 Å². The number of benzene rings is 1. The van der Waals surface area contributed by atoms with E-state index in [1.54, 1.807) is 18.4 Å². The molecule has 0 saturated heterocycles. The van der Waals surface area contributed by atoms with Crippen molar-refractivity contribution in [3.8, 4) is 5.75 Å². The fourth-order valence-corrected chi connectivity index (χ4v) is 1.99. The highest BCUT2D eigenvalue weighted by Crippen LogP contribution is 2.24. The quantitative estimate of drug-likeness (QED) is 0.622. The molecule has 102 valence electrons. The molecule has 2 rings (SSSR count). The topological polar surface area (TPSA) is 60.4 Å². The highest BCUT2D eigenvalue weighted by atomic mass is 19.1. The lowest BCUT2D eigenvalue weighted by atomic mass is 10.0. The third kappa shape index (κ3) is 3.33. The molecule has 19 heavy (non-hydrogen) atoms. The van der Waals surface area contributed by atoms with Gasteiger partial charge in [-0.3, -0.25) is 11.3 Å². The van der Waals surface area contributed by atoms with Gasteiger partial charge in [0.1, 0.15) is 5.76 Å². The Morgan fingerprint density at radius 2 is 2.26 bits per heavy atom. The summed E-state index contributed by atoms with van der Waals surface area (Å²) in [5.41, 5.74) is 3.48. The first kappa shape index (κ1) is 13.6. The molecule has 0 aliphatic rings. The van der Waals surface area contributed by atoms with E-state index >= 15 is 0 Å². The molecule has 3 N–H and O–H groups in total. The number of ether oxygens (including phenoxy) is 1. The second kappa shape index (κ2) is 6.36. The Bertz CT molecular complexity index is 514. The third-order valence-electron chi connectivity index (χ3n) is 3.04. The lowest BCUT2D eigenvalue weighted by Gasteiger charge is -2.16. The van der Waals surface area contributed by atoms with Gasteiger partial charge in [0.05, 0.1) is 13.4 Å². The van der Waals surface area contributed by atoms with E-state index in [0.29, 0.717) is 0 Å². The number of hydrogen-bond acceptors (Lipinski definition) is 4. The van der Waals surface area contributed by atoms with E-state index in [2.05, 4.69) is 5.43 Å². The van der Waals surface area contributed by atoms with Crippen LogP contribution in [0.25, 0.3) is 0 Å². The summed E-state index contributed by atoms with van der Waals surface area (Å²) in [5.74, 6) is 6.25. The molecule has 0 aliphatic heterocycles. The zero-order chi connectivity index (χ0) is 13.7. The minimum absolute atomic E-state index is 0.134. The Balaban J connectivity index is 2.06. The molecule has 0 radical (unpaired) electrons. The van der Waals surface area contributed by atoms with Crippen LogP contribution in [0.2, 0.25) is 0 Å². The molecule has 1 heterocycles. The molecule has 1 unspecified atom stereocenters. The van der Waals surface area contributed by atoms with Crippen LogP contribution >= 0.6 is 0 Å². The van der Waals surface area contributed by atoms with Crippen molar-refractivity contribution in [3.05, 3.63) is 53.7 Å². The molecule has 0 aliphatic carbocycles. The van der Waals surface area contributed by atoms with Crippen molar-refractivity contribution in [3.63, 3.8) is 0 Å². The second-order valence-electron chi connectivity index (χ2n) is 4.23. The number of halogens is 1. The summed E-state index contributed by atoms with van der Waals surface area (Å²) in [7, 11) is 1.44. The van der Waals surface area contributed by atoms with Crippen LogP contribution in [0.15, 0.2) is 41.0 Å². The minimum atomic E-state index is -0.391. The highest BCUT2D eigenvalue weighted by molar-refractivity contribution is 5.31. The Labute approximate surface area is 111 Å². The predicted octanol–water partition coefficient (Wildman–Crippen LogP) is 2.56. The third-order valence-corrected chi connectivity index (χ3v) is 3.04. The standard InChI is InChI=1S/C14H17FN2O2/c1-18-14-7-4-10(9-12(14)15)13(17-16)6-5-11-3-2-8-19-11/h2-4,7-9,13,17H,5-6,16H2,1H3. The summed E-state index contributed by atoms with van der Waals surface area (Å²) >= 11 is 0. The van der Waals surface area contributed by atoms with Gasteiger partial charge in [0.25, 0.3) is 0 Å². The molecular weight excluding hydrogens is 247 g/mol. The fraction of sp³-hybridized carbons (Fsp3) is 0.286. The van der Waals surface area contributed by atoms with E-state index in [4.69, 9.17) is 15.0 Å². The summed E-state index contributed by atoms with van der Waals surface area (Å²) < 4.78 is 23.8. The van der Waals surface area contributed by atoms with Crippen LogP contribution in [0.5, 0.6) is 5.75 Å². The number of hydrazine groups is 1. The van der Waals surface area contributed by atoms with Gasteiger partial charge in [0, 0.05) is 12.5 Å². The van der Waals surface area contributed by atoms with Gasteiger partial charge in [-0.25, -0.2) is 4.39 Å². The number of aryl methyl sites for hydroxylation is 1. The molecule has 0 spiro atoms. The average Bonchev–Trinajstić information content (AvgIpc) is 2.93. The van der Waals surface area contributed by atoms with Gasteiger partial charge in [-0.1, -0.05) is 6.07 Å². The zero-order valence-electron chi connectivity index (χ0n) is 10.7. The molecule has 1 aromatic carbocycles. The molecule has 1 aromatic heterocycles. The van der Waals surface area contributed by atoms with E-state index in [0.717, 1.165) is 24.2 Å². The van der Waals surface area contributed by atoms with E-state index in [1.165, 1.54) is 13.2 Å². The van der Waals surface area contributed by atoms with Gasteiger partial charge >= 0.3 is 0 Å². The van der Waals surface area contributed by atoms with Gasteiger partial charge in [-0.15, -0.1) is 0 Å². The monoisotopic (exact) mass is 264 g/mol. The number of methoxy groups -OCH3 is 1. The fourth-order valence-electron chi connectivity index (χ4n) is 1.99. The van der Waals surface area contributed by atoms with E-state index in [-0.39, 0.29) is 11.8 Å². The maximum absolute atomic E-state index is 13.6. The first-order chi connectivity index (χ1) is 9.24. The smallest absolute Gasteiger partial charge is 0.165 e. The Morgan fingerprint density at radius 3 is 2.84 bits per heavy atom. The van der Waals surface area contributed by atoms with Gasteiger partial charge in [0.2, 0.25) is 0 Å². The first-order valence-corrected chi connectivity index (χ1v) is 6.06. The average molecular weight is 264 g/mol. The maximum Gasteiger partial charge on any atom is 0.165 e. The Morgan fingerprint density at radius 1 is 1.42 bits per heavy atom. The number of rotatable bonds is 6. The largest absolute Gasteiger partial charge is 0.494 e. The summed E-state index contributed by atoms with van der Waals surface area (Å²) in [6, 6.07) is 8.45. The number of hydrogen-bond donors (Lipinski definition) is 2. The lowest BCUT2D eigenvalue weighted by molar-refractivity contribution is 0.385. The molecule has 0 fully saturated rings. The summed E-state index contributed by atoms with van der Waals surface area (Å²) in [5, 5.41) is 0. The molecule has 5 heteroatoms. The highest BCUT2D eigenvalue weighted by Gasteiger charge is 2.13. The number of nitrogens with one attached hydrogen (secondary N) is 1. The van der Waals surface area contributed by atoms with Crippen LogP contribution in [0.4, 0.5) is 4.39 Å². The van der Waals surface area contributed by atoms with E-state index < -0.39 is 5.82 Å². The Kier molecular flexibility index (Phi) is 4.54. The molecule has 0 amide bonds. The molecule has 2 aromatic rings. The number of nitrogens with two attached hydrogens (primary N) is 1. The number of furan rings is 1. The van der Waals surface area contributed by atoms with Gasteiger partial charge in [-0.05, 0) is 36.2 Å². The SMILES string of the molecule is COc1ccc(C(CCc2ccco2)NN)cc1F. The van der Waals surface area contributed by atoms with Crippen LogP contribution in [-0.4, -0.2) is 7.11 Å². The van der Waals surface area contributed by atoms with Crippen LogP contribution in [0.3, 0.4) is 0 Å². The second-order valence-corrected chi connectivity index (χ2v) is 4.23. The van der Waals surface area contributed by atoms with Crippen molar-refractivity contribution in [2.75, 3.05) is 7.11 Å². The van der Waals surface area contributed by atoms with Crippen LogP contribution in [0, 0.1) is 5.82 Å². The summed E-state index contributed by atoms with van der Waals surface area (Å²) in [4.78, 5) is 0. The van der Waals surface area contributed by atoms with E-state index in [1.807, 2.05) is 12.1 Å². The van der Waals surface area contributed by atoms with Crippen molar-refractivity contribution in [1.82, 2.24) is 5.43 Å². The van der Waals surface area contributed by atoms with Crippen LogP contribution < -0.4 is 16.0 Å². The predicted molar refractivity (Wildman–Crippen MR) is 70.0 cm³/mol. The summed E-state index contributed by atoms with van der Waals surface area (Å²) in [6.07, 6.45) is 3.08. The first-order valence-electron chi connectivity index (χ1n) is 6.06. The molecule has 1 atom stereocenters. The van der Waals surface area contributed by atoms with Crippen LogP contribution in [-0.2, 0) is 6.42 Å². The molecule has 4 nitrogen and oxygen atoms in total. The maximum atomic E-state index is 13.6.